The van der Waals surface area contributed by atoms with Crippen molar-refractivity contribution in [1.82, 2.24) is 5.32 Å². The van der Waals surface area contributed by atoms with E-state index in [2.05, 4.69) is 26.0 Å². The van der Waals surface area contributed by atoms with Gasteiger partial charge in [-0.1, -0.05) is 22.9 Å². The maximum Gasteiger partial charge on any atom is 0.233 e. The first-order valence-corrected chi connectivity index (χ1v) is 7.86. The Morgan fingerprint density at radius 3 is 2.65 bits per heavy atom. The predicted molar refractivity (Wildman–Crippen MR) is 74.8 cm³/mol. The third-order valence-electron chi connectivity index (χ3n) is 2.25. The zero-order valence-electron chi connectivity index (χ0n) is 9.96. The van der Waals surface area contributed by atoms with E-state index in [4.69, 9.17) is 0 Å². The third-order valence-corrected chi connectivity index (χ3v) is 4.02. The zero-order valence-corrected chi connectivity index (χ0v) is 12.4. The molecule has 96 valence electrons. The summed E-state index contributed by atoms with van der Waals surface area (Å²) in [6.45, 7) is 5.04. The maximum absolute atomic E-state index is 11.7. The van der Waals surface area contributed by atoms with Crippen molar-refractivity contribution in [3.63, 3.8) is 0 Å². The molecule has 0 spiro atoms. The van der Waals surface area contributed by atoms with Crippen LogP contribution in [0, 0.1) is 6.92 Å². The molecule has 0 saturated heterocycles. The lowest BCUT2D eigenvalue weighted by Gasteiger charge is -2.10. The van der Waals surface area contributed by atoms with Crippen LogP contribution in [0.2, 0.25) is 0 Å². The summed E-state index contributed by atoms with van der Waals surface area (Å²) in [5, 5.41) is 2.99. The lowest BCUT2D eigenvalue weighted by Crippen LogP contribution is -2.26. The smallest absolute Gasteiger partial charge is 0.233 e. The second-order valence-corrected chi connectivity index (χ2v) is 6.49. The molecule has 0 aliphatic heterocycles. The Balaban J connectivity index is 2.69. The van der Waals surface area contributed by atoms with E-state index in [0.29, 0.717) is 12.2 Å². The van der Waals surface area contributed by atoms with E-state index >= 15 is 0 Å². The van der Waals surface area contributed by atoms with Crippen LogP contribution in [0.1, 0.15) is 12.5 Å². The van der Waals surface area contributed by atoms with Crippen LogP contribution in [0.3, 0.4) is 0 Å². The van der Waals surface area contributed by atoms with Crippen molar-refractivity contribution >= 4 is 31.6 Å². The van der Waals surface area contributed by atoms with Gasteiger partial charge in [-0.3, -0.25) is 4.72 Å². The van der Waals surface area contributed by atoms with Gasteiger partial charge in [-0.25, -0.2) is 8.42 Å². The molecular formula is C11H17BrN2O2S. The molecule has 0 aromatic heterocycles. The summed E-state index contributed by atoms with van der Waals surface area (Å²) >= 11 is 3.34. The van der Waals surface area contributed by atoms with Crippen LogP contribution in [0.25, 0.3) is 0 Å². The van der Waals surface area contributed by atoms with Gasteiger partial charge in [-0.05, 0) is 37.2 Å². The number of anilines is 1. The van der Waals surface area contributed by atoms with E-state index in [0.717, 1.165) is 16.6 Å². The number of hydrogen-bond acceptors (Lipinski definition) is 3. The van der Waals surface area contributed by atoms with Crippen LogP contribution in [0.4, 0.5) is 5.69 Å². The Morgan fingerprint density at radius 1 is 1.35 bits per heavy atom. The van der Waals surface area contributed by atoms with Crippen LogP contribution >= 0.6 is 15.9 Å². The Labute approximate surface area is 111 Å². The lowest BCUT2D eigenvalue weighted by molar-refractivity contribution is 0.597. The van der Waals surface area contributed by atoms with E-state index in [-0.39, 0.29) is 5.75 Å². The van der Waals surface area contributed by atoms with Gasteiger partial charge >= 0.3 is 0 Å². The number of benzene rings is 1. The fraction of sp³-hybridized carbons (Fsp3) is 0.455. The molecule has 1 rings (SSSR count). The minimum Gasteiger partial charge on any atom is -0.316 e. The number of halogens is 1. The molecule has 4 nitrogen and oxygen atoms in total. The van der Waals surface area contributed by atoms with Gasteiger partial charge in [0.2, 0.25) is 10.0 Å². The molecule has 0 fully saturated rings. The lowest BCUT2D eigenvalue weighted by atomic mass is 10.2. The summed E-state index contributed by atoms with van der Waals surface area (Å²) in [6.07, 6.45) is 0. The normalized spacial score (nSPS) is 11.5. The molecule has 6 heteroatoms. The van der Waals surface area contributed by atoms with Crippen molar-refractivity contribution in [2.75, 3.05) is 23.6 Å². The Morgan fingerprint density at radius 2 is 2.06 bits per heavy atom. The fourth-order valence-electron chi connectivity index (χ4n) is 1.34. The summed E-state index contributed by atoms with van der Waals surface area (Å²) in [6, 6.07) is 5.45. The van der Waals surface area contributed by atoms with E-state index in [1.165, 1.54) is 0 Å². The van der Waals surface area contributed by atoms with Crippen molar-refractivity contribution in [1.29, 1.82) is 0 Å². The van der Waals surface area contributed by atoms with Crippen LogP contribution in [-0.2, 0) is 10.0 Å². The van der Waals surface area contributed by atoms with Crippen molar-refractivity contribution in [2.45, 2.75) is 13.8 Å². The van der Waals surface area contributed by atoms with Crippen molar-refractivity contribution < 1.29 is 8.42 Å². The average Bonchev–Trinajstić information content (AvgIpc) is 2.22. The molecule has 0 aliphatic rings. The van der Waals surface area contributed by atoms with E-state index in [1.54, 1.807) is 6.07 Å². The first-order valence-electron chi connectivity index (χ1n) is 5.42. The van der Waals surface area contributed by atoms with Gasteiger partial charge in [0.25, 0.3) is 0 Å². The molecule has 1 aromatic carbocycles. The highest BCUT2D eigenvalue weighted by molar-refractivity contribution is 9.10. The molecule has 1 aromatic rings. The van der Waals surface area contributed by atoms with Crippen LogP contribution in [-0.4, -0.2) is 27.3 Å². The maximum atomic E-state index is 11.7. The van der Waals surface area contributed by atoms with Gasteiger partial charge in [0.05, 0.1) is 11.4 Å². The number of hydrogen-bond donors (Lipinski definition) is 2. The van der Waals surface area contributed by atoms with Crippen molar-refractivity contribution in [3.05, 3.63) is 28.2 Å². The molecule has 17 heavy (non-hydrogen) atoms. The molecule has 0 unspecified atom stereocenters. The highest BCUT2D eigenvalue weighted by Crippen LogP contribution is 2.20. The number of rotatable bonds is 6. The quantitative estimate of drug-likeness (QED) is 0.789. The van der Waals surface area contributed by atoms with Gasteiger partial charge in [0.1, 0.15) is 0 Å². The van der Waals surface area contributed by atoms with Gasteiger partial charge in [0, 0.05) is 11.0 Å². The summed E-state index contributed by atoms with van der Waals surface area (Å²) in [4.78, 5) is 0. The van der Waals surface area contributed by atoms with Crippen molar-refractivity contribution in [2.24, 2.45) is 0 Å². The summed E-state index contributed by atoms with van der Waals surface area (Å²) in [5.74, 6) is 0.0797. The monoisotopic (exact) mass is 320 g/mol. The molecule has 0 saturated carbocycles. The molecular weight excluding hydrogens is 304 g/mol. The first-order chi connectivity index (χ1) is 7.94. The van der Waals surface area contributed by atoms with Gasteiger partial charge < -0.3 is 5.32 Å². The van der Waals surface area contributed by atoms with Crippen LogP contribution in [0.15, 0.2) is 22.7 Å². The standard InChI is InChI=1S/C11H17BrN2O2S/c1-3-13-6-7-17(15,16)14-11-5-4-10(12)8-9(11)2/h4-5,8,13-14H,3,6-7H2,1-2H3. The Kier molecular flexibility index (Phi) is 5.42. The summed E-state index contributed by atoms with van der Waals surface area (Å²) < 4.78 is 27.0. The molecule has 0 atom stereocenters. The van der Waals surface area contributed by atoms with E-state index in [9.17, 15) is 8.42 Å². The van der Waals surface area contributed by atoms with Crippen LogP contribution < -0.4 is 10.0 Å². The largest absolute Gasteiger partial charge is 0.316 e. The SMILES string of the molecule is CCNCCS(=O)(=O)Nc1ccc(Br)cc1C. The number of aryl methyl sites for hydroxylation is 1. The summed E-state index contributed by atoms with van der Waals surface area (Å²) in [5.41, 5.74) is 1.52. The van der Waals surface area contributed by atoms with Gasteiger partial charge in [-0.15, -0.1) is 0 Å². The molecule has 0 amide bonds. The molecule has 0 bridgehead atoms. The van der Waals surface area contributed by atoms with Gasteiger partial charge in [-0.2, -0.15) is 0 Å². The minimum absolute atomic E-state index is 0.0797. The van der Waals surface area contributed by atoms with E-state index < -0.39 is 10.0 Å². The third kappa shape index (κ3) is 5.06. The predicted octanol–water partition coefficient (Wildman–Crippen LogP) is 2.11. The first kappa shape index (κ1) is 14.5. The molecule has 0 aliphatic carbocycles. The van der Waals surface area contributed by atoms with Crippen molar-refractivity contribution in [3.8, 4) is 0 Å². The average molecular weight is 321 g/mol. The second kappa shape index (κ2) is 6.37. The zero-order chi connectivity index (χ0) is 12.9. The number of nitrogens with one attached hydrogen (secondary N) is 2. The molecule has 0 radical (unpaired) electrons. The molecule has 2 N–H and O–H groups in total. The topological polar surface area (TPSA) is 58.2 Å². The minimum atomic E-state index is -3.27. The Hall–Kier alpha value is -0.590. The van der Waals surface area contributed by atoms with Crippen LogP contribution in [0.5, 0.6) is 0 Å². The molecule has 0 heterocycles. The van der Waals surface area contributed by atoms with E-state index in [1.807, 2.05) is 26.0 Å². The highest BCUT2D eigenvalue weighted by Gasteiger charge is 2.11. The second-order valence-electron chi connectivity index (χ2n) is 3.73. The fourth-order valence-corrected chi connectivity index (χ4v) is 2.90. The Bertz CT molecular complexity index is 474. The van der Waals surface area contributed by atoms with Gasteiger partial charge in [0.15, 0.2) is 0 Å². The number of sulfonamides is 1. The summed E-state index contributed by atoms with van der Waals surface area (Å²) in [7, 11) is -3.27. The highest BCUT2D eigenvalue weighted by atomic mass is 79.9.